The molecule has 3 aromatic carbocycles. The van der Waals surface area contributed by atoms with Crippen molar-refractivity contribution in [3.8, 4) is 5.75 Å². The molecule has 1 fully saturated rings. The smallest absolute Gasteiger partial charge is 0.264 e. The van der Waals surface area contributed by atoms with E-state index in [0.717, 1.165) is 30.8 Å². The number of carbonyl (C=O) groups excluding carboxylic acids is 1. The van der Waals surface area contributed by atoms with Gasteiger partial charge in [0, 0.05) is 13.1 Å². The molecule has 1 N–H and O–H groups in total. The van der Waals surface area contributed by atoms with Gasteiger partial charge in [-0.2, -0.15) is 0 Å². The highest BCUT2D eigenvalue weighted by atomic mass is 32.2. The molecule has 1 atom stereocenters. The zero-order chi connectivity index (χ0) is 27.6. The van der Waals surface area contributed by atoms with Crippen LogP contribution in [0.15, 0.2) is 77.7 Å². The first-order chi connectivity index (χ1) is 18.6. The predicted molar refractivity (Wildman–Crippen MR) is 153 cm³/mol. The summed E-state index contributed by atoms with van der Waals surface area (Å²) in [5.74, 6) is 0.0233. The summed E-state index contributed by atoms with van der Waals surface area (Å²) >= 11 is 0. The minimum Gasteiger partial charge on any atom is -0.476 e. The molecule has 0 spiro atoms. The molecule has 3 aromatic rings. The number of carbonyl (C=O) groups is 1. The van der Waals surface area contributed by atoms with E-state index in [-0.39, 0.29) is 22.8 Å². The van der Waals surface area contributed by atoms with Gasteiger partial charge in [-0.25, -0.2) is 8.42 Å². The molecule has 0 saturated carbocycles. The van der Waals surface area contributed by atoms with Gasteiger partial charge in [0.2, 0.25) is 0 Å². The highest BCUT2D eigenvalue weighted by Gasteiger charge is 2.38. The molecule has 206 valence electrons. The Kier molecular flexibility index (Phi) is 7.69. The molecule has 1 amide bonds. The number of sulfonamides is 1. The minimum absolute atomic E-state index is 0.113. The molecule has 1 saturated heterocycles. The third kappa shape index (κ3) is 6.12. The summed E-state index contributed by atoms with van der Waals surface area (Å²) < 4.78 is 34.9. The van der Waals surface area contributed by atoms with Crippen LogP contribution in [-0.4, -0.2) is 45.0 Å². The SMILES string of the molecule is CC(C)(C)c1ccc2c(c1)N(S(=O)(=O)c1ccccc1)C[C@H](C(=O)NCc1ccc(CN3CCCC3)cc1)O2. The molecule has 8 heteroatoms. The summed E-state index contributed by atoms with van der Waals surface area (Å²) in [5.41, 5.74) is 3.48. The molecule has 2 heterocycles. The number of fused-ring (bicyclic) bond motifs is 1. The van der Waals surface area contributed by atoms with Crippen molar-refractivity contribution in [2.45, 2.75) is 63.1 Å². The highest BCUT2D eigenvalue weighted by Crippen LogP contribution is 2.40. The molecule has 0 aromatic heterocycles. The van der Waals surface area contributed by atoms with Gasteiger partial charge in [-0.3, -0.25) is 14.0 Å². The van der Waals surface area contributed by atoms with Crippen LogP contribution in [0.25, 0.3) is 0 Å². The maximum absolute atomic E-state index is 13.7. The number of rotatable bonds is 7. The van der Waals surface area contributed by atoms with E-state index in [1.807, 2.05) is 24.3 Å². The second-order valence-electron chi connectivity index (χ2n) is 11.4. The molecule has 0 bridgehead atoms. The number of nitrogens with one attached hydrogen (secondary N) is 1. The van der Waals surface area contributed by atoms with Gasteiger partial charge in [0.05, 0.1) is 17.1 Å². The van der Waals surface area contributed by atoms with Crippen LogP contribution in [0.5, 0.6) is 5.75 Å². The lowest BCUT2D eigenvalue weighted by atomic mass is 9.86. The predicted octanol–water partition coefficient (Wildman–Crippen LogP) is 4.85. The van der Waals surface area contributed by atoms with Crippen LogP contribution in [0, 0.1) is 0 Å². The van der Waals surface area contributed by atoms with Gasteiger partial charge >= 0.3 is 0 Å². The standard InChI is InChI=1S/C31H37N3O4S/c1-31(2,3)25-15-16-28-27(19-25)34(39(36,37)26-9-5-4-6-10-26)22-29(38-28)30(35)32-20-23-11-13-24(14-12-23)21-33-17-7-8-18-33/h4-6,9-16,19,29H,7-8,17-18,20-22H2,1-3H3,(H,32,35)/t29-/m1/s1. The number of anilines is 1. The van der Waals surface area contributed by atoms with Crippen LogP contribution in [0.3, 0.4) is 0 Å². The van der Waals surface area contributed by atoms with E-state index in [9.17, 15) is 13.2 Å². The number of benzene rings is 3. The van der Waals surface area contributed by atoms with Crippen molar-refractivity contribution in [2.75, 3.05) is 23.9 Å². The van der Waals surface area contributed by atoms with Crippen LogP contribution in [0.1, 0.15) is 50.3 Å². The second kappa shape index (κ2) is 11.0. The maximum atomic E-state index is 13.7. The molecule has 0 unspecified atom stereocenters. The first kappa shape index (κ1) is 27.2. The average Bonchev–Trinajstić information content (AvgIpc) is 3.44. The zero-order valence-electron chi connectivity index (χ0n) is 22.9. The monoisotopic (exact) mass is 547 g/mol. The van der Waals surface area contributed by atoms with Crippen molar-refractivity contribution in [1.82, 2.24) is 10.2 Å². The van der Waals surface area contributed by atoms with E-state index in [4.69, 9.17) is 4.74 Å². The van der Waals surface area contributed by atoms with E-state index in [0.29, 0.717) is 18.0 Å². The Morgan fingerprint density at radius 1 is 0.949 bits per heavy atom. The fourth-order valence-electron chi connectivity index (χ4n) is 5.07. The van der Waals surface area contributed by atoms with Crippen molar-refractivity contribution >= 4 is 21.6 Å². The van der Waals surface area contributed by atoms with Crippen LogP contribution >= 0.6 is 0 Å². The van der Waals surface area contributed by atoms with E-state index in [1.54, 1.807) is 36.4 Å². The number of likely N-dealkylation sites (tertiary alicyclic amines) is 1. The van der Waals surface area contributed by atoms with Gasteiger partial charge in [0.15, 0.2) is 6.10 Å². The van der Waals surface area contributed by atoms with Gasteiger partial charge in [-0.1, -0.05) is 69.3 Å². The average molecular weight is 548 g/mol. The third-order valence-corrected chi connectivity index (χ3v) is 9.21. The van der Waals surface area contributed by atoms with Crippen LogP contribution in [0.4, 0.5) is 5.69 Å². The van der Waals surface area contributed by atoms with Gasteiger partial charge in [-0.15, -0.1) is 0 Å². The van der Waals surface area contributed by atoms with E-state index in [1.165, 1.54) is 22.7 Å². The largest absolute Gasteiger partial charge is 0.476 e. The number of ether oxygens (including phenoxy) is 1. The summed E-state index contributed by atoms with van der Waals surface area (Å²) in [6, 6.07) is 22.1. The first-order valence-corrected chi connectivity index (χ1v) is 15.0. The molecule has 5 rings (SSSR count). The summed E-state index contributed by atoms with van der Waals surface area (Å²) in [6.45, 7) is 9.69. The second-order valence-corrected chi connectivity index (χ2v) is 13.3. The van der Waals surface area contributed by atoms with E-state index >= 15 is 0 Å². The lowest BCUT2D eigenvalue weighted by Gasteiger charge is -2.36. The highest BCUT2D eigenvalue weighted by molar-refractivity contribution is 7.92. The van der Waals surface area contributed by atoms with E-state index < -0.39 is 16.1 Å². The lowest BCUT2D eigenvalue weighted by Crippen LogP contribution is -2.50. The molecular weight excluding hydrogens is 510 g/mol. The molecular formula is C31H37N3O4S. The van der Waals surface area contributed by atoms with Crippen molar-refractivity contribution in [1.29, 1.82) is 0 Å². The molecule has 2 aliphatic heterocycles. The van der Waals surface area contributed by atoms with Crippen molar-refractivity contribution in [3.05, 3.63) is 89.5 Å². The summed E-state index contributed by atoms with van der Waals surface area (Å²) in [5, 5.41) is 2.94. The third-order valence-electron chi connectivity index (χ3n) is 7.41. The topological polar surface area (TPSA) is 79.0 Å². The summed E-state index contributed by atoms with van der Waals surface area (Å²) in [6.07, 6.45) is 1.55. The fourth-order valence-corrected chi connectivity index (χ4v) is 6.55. The van der Waals surface area contributed by atoms with Crippen molar-refractivity contribution < 1.29 is 17.9 Å². The molecule has 7 nitrogen and oxygen atoms in total. The van der Waals surface area contributed by atoms with E-state index in [2.05, 4.69) is 43.1 Å². The normalized spacial score (nSPS) is 17.9. The van der Waals surface area contributed by atoms with Crippen LogP contribution in [0.2, 0.25) is 0 Å². The van der Waals surface area contributed by atoms with Crippen LogP contribution < -0.4 is 14.4 Å². The number of hydrogen-bond acceptors (Lipinski definition) is 5. The summed E-state index contributed by atoms with van der Waals surface area (Å²) in [4.78, 5) is 15.9. The van der Waals surface area contributed by atoms with Crippen molar-refractivity contribution in [3.63, 3.8) is 0 Å². The number of hydrogen-bond donors (Lipinski definition) is 1. The Morgan fingerprint density at radius 3 is 2.28 bits per heavy atom. The molecule has 0 aliphatic carbocycles. The van der Waals surface area contributed by atoms with Gasteiger partial charge in [0.25, 0.3) is 15.9 Å². The Labute approximate surface area is 231 Å². The Morgan fingerprint density at radius 2 is 1.62 bits per heavy atom. The maximum Gasteiger partial charge on any atom is 0.264 e. The molecule has 2 aliphatic rings. The summed E-state index contributed by atoms with van der Waals surface area (Å²) in [7, 11) is -3.92. The Bertz CT molecular complexity index is 1410. The minimum atomic E-state index is -3.92. The first-order valence-electron chi connectivity index (χ1n) is 13.6. The quantitative estimate of drug-likeness (QED) is 0.458. The van der Waals surface area contributed by atoms with Crippen molar-refractivity contribution in [2.24, 2.45) is 0 Å². The Balaban J connectivity index is 1.33. The van der Waals surface area contributed by atoms with Gasteiger partial charge in [-0.05, 0) is 72.3 Å². The molecule has 39 heavy (non-hydrogen) atoms. The van der Waals surface area contributed by atoms with Gasteiger partial charge in [0.1, 0.15) is 5.75 Å². The zero-order valence-corrected chi connectivity index (χ0v) is 23.7. The van der Waals surface area contributed by atoms with Crippen LogP contribution in [-0.2, 0) is 33.3 Å². The Hall–Kier alpha value is -3.36. The number of nitrogens with zero attached hydrogens (tertiary/aromatic N) is 2. The van der Waals surface area contributed by atoms with Gasteiger partial charge < -0.3 is 10.1 Å². The fraction of sp³-hybridized carbons (Fsp3) is 0.387. The number of amides is 1. The molecule has 0 radical (unpaired) electrons. The lowest BCUT2D eigenvalue weighted by molar-refractivity contribution is -0.127.